The van der Waals surface area contributed by atoms with Crippen molar-refractivity contribution in [2.45, 2.75) is 45.6 Å². The molecule has 1 saturated carbocycles. The van der Waals surface area contributed by atoms with Crippen LogP contribution in [0.4, 0.5) is 0 Å². The zero-order chi connectivity index (χ0) is 11.5. The quantitative estimate of drug-likeness (QED) is 0.814. The molecule has 0 amide bonds. The van der Waals surface area contributed by atoms with E-state index in [1.54, 1.807) is 0 Å². The third-order valence-electron chi connectivity index (χ3n) is 3.94. The van der Waals surface area contributed by atoms with Gasteiger partial charge in [-0.05, 0) is 43.7 Å². The summed E-state index contributed by atoms with van der Waals surface area (Å²) in [5.74, 6) is 1.56. The Morgan fingerprint density at radius 3 is 2.50 bits per heavy atom. The number of rotatable bonds is 4. The van der Waals surface area contributed by atoms with Crippen LogP contribution in [0.15, 0.2) is 24.3 Å². The molecule has 0 heterocycles. The first kappa shape index (κ1) is 11.7. The normalized spacial score (nSPS) is 28.8. The van der Waals surface area contributed by atoms with Gasteiger partial charge in [-0.2, -0.15) is 0 Å². The van der Waals surface area contributed by atoms with Crippen LogP contribution < -0.4 is 5.32 Å². The Morgan fingerprint density at radius 1 is 1.25 bits per heavy atom. The maximum absolute atomic E-state index is 3.63. The van der Waals surface area contributed by atoms with E-state index in [0.29, 0.717) is 0 Å². The summed E-state index contributed by atoms with van der Waals surface area (Å²) < 4.78 is 0. The first-order valence-electron chi connectivity index (χ1n) is 6.52. The van der Waals surface area contributed by atoms with Gasteiger partial charge in [0.1, 0.15) is 0 Å². The first-order valence-corrected chi connectivity index (χ1v) is 6.52. The molecule has 1 nitrogen and oxygen atoms in total. The summed E-state index contributed by atoms with van der Waals surface area (Å²) in [5, 5.41) is 3.63. The van der Waals surface area contributed by atoms with Gasteiger partial charge in [0.05, 0.1) is 0 Å². The molecule has 1 aromatic carbocycles. The molecule has 0 aliphatic heterocycles. The summed E-state index contributed by atoms with van der Waals surface area (Å²) in [6.45, 7) is 7.92. The molecule has 0 bridgehead atoms. The SMILES string of the molecule is CCCNC1CC(c2ccc(C)cc2)C1C. The molecular formula is C15H23N. The summed E-state index contributed by atoms with van der Waals surface area (Å²) >= 11 is 0. The van der Waals surface area contributed by atoms with Crippen molar-refractivity contribution in [2.24, 2.45) is 5.92 Å². The van der Waals surface area contributed by atoms with Gasteiger partial charge in [0.15, 0.2) is 0 Å². The van der Waals surface area contributed by atoms with Crippen molar-refractivity contribution in [1.82, 2.24) is 5.32 Å². The summed E-state index contributed by atoms with van der Waals surface area (Å²) in [6, 6.07) is 9.80. The smallest absolute Gasteiger partial charge is 0.0104 e. The molecule has 0 aromatic heterocycles. The predicted octanol–water partition coefficient (Wildman–Crippen LogP) is 3.49. The predicted molar refractivity (Wildman–Crippen MR) is 69.8 cm³/mol. The molecule has 0 radical (unpaired) electrons. The van der Waals surface area contributed by atoms with Crippen LogP contribution in [0.25, 0.3) is 0 Å². The van der Waals surface area contributed by atoms with Crippen LogP contribution in [0.2, 0.25) is 0 Å². The van der Waals surface area contributed by atoms with E-state index >= 15 is 0 Å². The first-order chi connectivity index (χ1) is 7.72. The molecule has 3 atom stereocenters. The van der Waals surface area contributed by atoms with Crippen LogP contribution in [0.5, 0.6) is 0 Å². The van der Waals surface area contributed by atoms with E-state index in [1.165, 1.54) is 24.0 Å². The second-order valence-corrected chi connectivity index (χ2v) is 5.17. The van der Waals surface area contributed by atoms with Crippen LogP contribution >= 0.6 is 0 Å². The molecule has 0 spiro atoms. The minimum absolute atomic E-state index is 0.742. The number of nitrogens with one attached hydrogen (secondary N) is 1. The van der Waals surface area contributed by atoms with Crippen LogP contribution in [0.1, 0.15) is 43.7 Å². The molecule has 1 N–H and O–H groups in total. The largest absolute Gasteiger partial charge is 0.314 e. The highest BCUT2D eigenvalue weighted by atomic mass is 14.9. The molecule has 1 aliphatic carbocycles. The van der Waals surface area contributed by atoms with Crippen molar-refractivity contribution in [3.63, 3.8) is 0 Å². The second-order valence-electron chi connectivity index (χ2n) is 5.17. The lowest BCUT2D eigenvalue weighted by Gasteiger charge is -2.44. The number of benzene rings is 1. The summed E-state index contributed by atoms with van der Waals surface area (Å²) in [5.41, 5.74) is 2.88. The standard InChI is InChI=1S/C15H23N/c1-4-9-16-15-10-14(12(15)3)13-7-5-11(2)6-8-13/h5-8,12,14-16H,4,9-10H2,1-3H3. The number of hydrogen-bond donors (Lipinski definition) is 1. The summed E-state index contributed by atoms with van der Waals surface area (Å²) in [6.07, 6.45) is 2.54. The Hall–Kier alpha value is -0.820. The van der Waals surface area contributed by atoms with E-state index in [0.717, 1.165) is 24.4 Å². The fourth-order valence-electron chi connectivity index (χ4n) is 2.64. The van der Waals surface area contributed by atoms with Gasteiger partial charge in [-0.25, -0.2) is 0 Å². The van der Waals surface area contributed by atoms with Crippen molar-refractivity contribution in [3.8, 4) is 0 Å². The molecule has 88 valence electrons. The van der Waals surface area contributed by atoms with E-state index in [2.05, 4.69) is 50.4 Å². The number of aryl methyl sites for hydroxylation is 1. The minimum Gasteiger partial charge on any atom is -0.314 e. The van der Waals surface area contributed by atoms with Gasteiger partial charge < -0.3 is 5.32 Å². The summed E-state index contributed by atoms with van der Waals surface area (Å²) in [4.78, 5) is 0. The Balaban J connectivity index is 1.92. The molecule has 2 rings (SSSR count). The van der Waals surface area contributed by atoms with Gasteiger partial charge in [0, 0.05) is 6.04 Å². The zero-order valence-corrected chi connectivity index (χ0v) is 10.7. The Bertz CT molecular complexity index is 328. The third-order valence-corrected chi connectivity index (χ3v) is 3.94. The van der Waals surface area contributed by atoms with Gasteiger partial charge >= 0.3 is 0 Å². The van der Waals surface area contributed by atoms with Crippen molar-refractivity contribution in [3.05, 3.63) is 35.4 Å². The lowest BCUT2D eigenvalue weighted by Crippen LogP contribution is -2.48. The van der Waals surface area contributed by atoms with E-state index < -0.39 is 0 Å². The Kier molecular flexibility index (Phi) is 3.65. The second kappa shape index (κ2) is 5.01. The average Bonchev–Trinajstić information content (AvgIpc) is 2.30. The molecule has 3 unspecified atom stereocenters. The fourth-order valence-corrected chi connectivity index (χ4v) is 2.64. The highest BCUT2D eigenvalue weighted by molar-refractivity contribution is 5.27. The van der Waals surface area contributed by atoms with Gasteiger partial charge in [-0.3, -0.25) is 0 Å². The Morgan fingerprint density at radius 2 is 1.94 bits per heavy atom. The van der Waals surface area contributed by atoms with Crippen molar-refractivity contribution >= 4 is 0 Å². The van der Waals surface area contributed by atoms with Crippen LogP contribution in [-0.4, -0.2) is 12.6 Å². The Labute approximate surface area is 99.3 Å². The van der Waals surface area contributed by atoms with Crippen LogP contribution in [0, 0.1) is 12.8 Å². The lowest BCUT2D eigenvalue weighted by atomic mass is 9.67. The van der Waals surface area contributed by atoms with Crippen LogP contribution in [0.3, 0.4) is 0 Å². The van der Waals surface area contributed by atoms with Crippen molar-refractivity contribution in [2.75, 3.05) is 6.54 Å². The van der Waals surface area contributed by atoms with Crippen molar-refractivity contribution in [1.29, 1.82) is 0 Å². The zero-order valence-electron chi connectivity index (χ0n) is 10.7. The van der Waals surface area contributed by atoms with E-state index in [1.807, 2.05) is 0 Å². The lowest BCUT2D eigenvalue weighted by molar-refractivity contribution is 0.185. The monoisotopic (exact) mass is 217 g/mol. The molecule has 16 heavy (non-hydrogen) atoms. The fraction of sp³-hybridized carbons (Fsp3) is 0.600. The van der Waals surface area contributed by atoms with Gasteiger partial charge in [-0.1, -0.05) is 43.7 Å². The summed E-state index contributed by atoms with van der Waals surface area (Å²) in [7, 11) is 0. The van der Waals surface area contributed by atoms with E-state index in [4.69, 9.17) is 0 Å². The van der Waals surface area contributed by atoms with Crippen LogP contribution in [-0.2, 0) is 0 Å². The topological polar surface area (TPSA) is 12.0 Å². The third kappa shape index (κ3) is 2.30. The highest BCUT2D eigenvalue weighted by Crippen LogP contribution is 2.42. The van der Waals surface area contributed by atoms with Gasteiger partial charge in [0.2, 0.25) is 0 Å². The molecule has 0 saturated heterocycles. The van der Waals surface area contributed by atoms with Gasteiger partial charge in [0.25, 0.3) is 0 Å². The van der Waals surface area contributed by atoms with E-state index in [9.17, 15) is 0 Å². The highest BCUT2D eigenvalue weighted by Gasteiger charge is 2.37. The van der Waals surface area contributed by atoms with Gasteiger partial charge in [-0.15, -0.1) is 0 Å². The maximum Gasteiger partial charge on any atom is 0.0104 e. The molecule has 1 aromatic rings. The molecular weight excluding hydrogens is 194 g/mol. The molecule has 1 fully saturated rings. The maximum atomic E-state index is 3.63. The van der Waals surface area contributed by atoms with Crippen molar-refractivity contribution < 1.29 is 0 Å². The molecule has 1 heteroatoms. The van der Waals surface area contributed by atoms with E-state index in [-0.39, 0.29) is 0 Å². The molecule has 1 aliphatic rings. The minimum atomic E-state index is 0.742. The average molecular weight is 217 g/mol. The number of hydrogen-bond acceptors (Lipinski definition) is 1.